The number of furan rings is 1. The number of hydrogen-bond donors (Lipinski definition) is 2. The molecule has 7 rings (SSSR count). The maximum absolute atomic E-state index is 14.5. The van der Waals surface area contributed by atoms with Gasteiger partial charge in [0.1, 0.15) is 28.6 Å². The van der Waals surface area contributed by atoms with Crippen molar-refractivity contribution in [2.24, 2.45) is 0 Å². The quantitative estimate of drug-likeness (QED) is 0.255. The van der Waals surface area contributed by atoms with E-state index < -0.39 is 17.7 Å². The van der Waals surface area contributed by atoms with Crippen molar-refractivity contribution >= 4 is 46.3 Å². The van der Waals surface area contributed by atoms with Gasteiger partial charge in [0.25, 0.3) is 11.8 Å². The van der Waals surface area contributed by atoms with Gasteiger partial charge < -0.3 is 23.3 Å². The van der Waals surface area contributed by atoms with E-state index in [4.69, 9.17) is 14.1 Å². The van der Waals surface area contributed by atoms with Crippen molar-refractivity contribution in [3.8, 4) is 28.4 Å². The summed E-state index contributed by atoms with van der Waals surface area (Å²) in [7, 11) is 3.16. The number of alkyl halides is 2. The first-order valence-corrected chi connectivity index (χ1v) is 12.6. The zero-order valence-corrected chi connectivity index (χ0v) is 21.7. The monoisotopic (exact) mass is 550 g/mol. The van der Waals surface area contributed by atoms with E-state index in [9.17, 15) is 18.0 Å². The van der Waals surface area contributed by atoms with Crippen LogP contribution in [0.15, 0.2) is 52.9 Å². The number of amides is 1. The smallest absolute Gasteiger partial charge is 0.259 e. The van der Waals surface area contributed by atoms with E-state index in [1.807, 2.05) is 10.6 Å². The number of thiol groups is 1. The highest BCUT2D eigenvalue weighted by Gasteiger charge is 2.60. The number of hydrogen-bond acceptors (Lipinski definition) is 6. The van der Waals surface area contributed by atoms with E-state index >= 15 is 0 Å². The molecule has 1 unspecified atom stereocenters. The van der Waals surface area contributed by atoms with E-state index in [0.29, 0.717) is 56.0 Å². The van der Waals surface area contributed by atoms with Gasteiger partial charge in [0, 0.05) is 42.9 Å². The van der Waals surface area contributed by atoms with Gasteiger partial charge >= 0.3 is 0 Å². The Morgan fingerprint density at radius 1 is 1.21 bits per heavy atom. The number of anilines is 1. The van der Waals surface area contributed by atoms with Crippen LogP contribution in [0.3, 0.4) is 0 Å². The van der Waals surface area contributed by atoms with Crippen LogP contribution in [0.25, 0.3) is 44.5 Å². The third-order valence-corrected chi connectivity index (χ3v) is 7.61. The molecule has 1 saturated carbocycles. The summed E-state index contributed by atoms with van der Waals surface area (Å²) in [6.45, 7) is 0.214. The number of nitrogens with one attached hydrogen (secondary N) is 1. The number of nitrogens with zero attached hydrogens (tertiary/aromatic N) is 3. The molecule has 0 spiro atoms. The molecule has 1 N–H and O–H groups in total. The molecular formula is C28H21F3N4O3S. The molecule has 1 aliphatic heterocycles. The molecule has 7 nitrogen and oxygen atoms in total. The first-order valence-electron chi connectivity index (χ1n) is 12.2. The second-order valence-corrected chi connectivity index (χ2v) is 10.4. The van der Waals surface area contributed by atoms with Crippen molar-refractivity contribution in [3.63, 3.8) is 0 Å². The number of rotatable bonds is 4. The molecule has 0 bridgehead atoms. The van der Waals surface area contributed by atoms with E-state index in [1.165, 1.54) is 13.1 Å². The Bertz CT molecular complexity index is 1850. The van der Waals surface area contributed by atoms with E-state index in [0.717, 1.165) is 0 Å². The molecule has 39 heavy (non-hydrogen) atoms. The maximum atomic E-state index is 14.5. The molecule has 5 aromatic rings. The highest BCUT2D eigenvalue weighted by molar-refractivity contribution is 7.81. The van der Waals surface area contributed by atoms with Crippen molar-refractivity contribution in [2.45, 2.75) is 25.0 Å². The second kappa shape index (κ2) is 8.19. The van der Waals surface area contributed by atoms with Crippen LogP contribution in [0, 0.1) is 5.82 Å². The van der Waals surface area contributed by atoms with Crippen molar-refractivity contribution in [1.82, 2.24) is 14.9 Å². The van der Waals surface area contributed by atoms with Gasteiger partial charge in [-0.2, -0.15) is 0 Å². The molecule has 3 aromatic heterocycles. The molecular weight excluding hydrogens is 529 g/mol. The molecule has 11 heteroatoms. The normalized spacial score (nSPS) is 17.0. The number of benzene rings is 2. The highest BCUT2D eigenvalue weighted by Crippen LogP contribution is 2.58. The van der Waals surface area contributed by atoms with Gasteiger partial charge in [0.15, 0.2) is 6.73 Å². The summed E-state index contributed by atoms with van der Waals surface area (Å²) in [6, 6.07) is 13.6. The van der Waals surface area contributed by atoms with Gasteiger partial charge in [0.05, 0.1) is 34.1 Å². The van der Waals surface area contributed by atoms with Crippen LogP contribution in [0.2, 0.25) is 0 Å². The summed E-state index contributed by atoms with van der Waals surface area (Å²) >= 11 is 4.49. The molecule has 2 aromatic carbocycles. The third kappa shape index (κ3) is 3.52. The highest BCUT2D eigenvalue weighted by atomic mass is 32.1. The van der Waals surface area contributed by atoms with Gasteiger partial charge in [0.2, 0.25) is 0 Å². The van der Waals surface area contributed by atoms with E-state index in [1.54, 1.807) is 47.8 Å². The topological polar surface area (TPSA) is 72.5 Å². The molecule has 2 aliphatic rings. The minimum atomic E-state index is -2.92. The lowest BCUT2D eigenvalue weighted by molar-refractivity contribution is 0.0957. The summed E-state index contributed by atoms with van der Waals surface area (Å²) in [5.41, 5.74) is 4.01. The molecule has 1 fully saturated rings. The number of ether oxygens (including phenoxy) is 1. The van der Waals surface area contributed by atoms with Gasteiger partial charge in [-0.1, -0.05) is 18.9 Å². The van der Waals surface area contributed by atoms with Crippen molar-refractivity contribution in [2.75, 3.05) is 18.4 Å². The van der Waals surface area contributed by atoms with Crippen LogP contribution >= 0.6 is 12.8 Å². The number of carbonyl (C=O) groups excluding carboxylic acids is 1. The van der Waals surface area contributed by atoms with Crippen LogP contribution in [-0.2, 0) is 6.73 Å². The lowest BCUT2D eigenvalue weighted by Crippen LogP contribution is -2.19. The van der Waals surface area contributed by atoms with Crippen molar-refractivity contribution in [3.05, 3.63) is 65.7 Å². The van der Waals surface area contributed by atoms with Crippen LogP contribution in [0.5, 0.6) is 5.75 Å². The Labute approximate surface area is 225 Å². The molecule has 1 atom stereocenters. The summed E-state index contributed by atoms with van der Waals surface area (Å²) in [6.07, 6.45) is -0.371. The van der Waals surface area contributed by atoms with E-state index in [2.05, 4.69) is 18.1 Å². The zero-order valence-electron chi connectivity index (χ0n) is 20.8. The Morgan fingerprint density at radius 3 is 2.72 bits per heavy atom. The number of carbonyl (C=O) groups is 1. The fourth-order valence-electron chi connectivity index (χ4n) is 5.34. The van der Waals surface area contributed by atoms with Gasteiger partial charge in [-0.3, -0.25) is 4.79 Å². The maximum Gasteiger partial charge on any atom is 0.259 e. The minimum absolute atomic E-state index is 0.0300. The molecule has 1 aliphatic carbocycles. The molecule has 1 amide bonds. The lowest BCUT2D eigenvalue weighted by Gasteiger charge is -2.22. The van der Waals surface area contributed by atoms with Crippen molar-refractivity contribution < 1.29 is 27.1 Å². The van der Waals surface area contributed by atoms with Crippen molar-refractivity contribution in [1.29, 1.82) is 0 Å². The summed E-state index contributed by atoms with van der Waals surface area (Å²) in [5.74, 6) is -4.40. The van der Waals surface area contributed by atoms with Gasteiger partial charge in [-0.25, -0.2) is 18.2 Å². The van der Waals surface area contributed by atoms with E-state index in [-0.39, 0.29) is 30.3 Å². The predicted molar refractivity (Wildman–Crippen MR) is 144 cm³/mol. The average Bonchev–Trinajstić information content (AvgIpc) is 3.24. The predicted octanol–water partition coefficient (Wildman–Crippen LogP) is 6.37. The number of pyridine rings is 1. The van der Waals surface area contributed by atoms with Gasteiger partial charge in [-0.15, -0.1) is 0 Å². The summed E-state index contributed by atoms with van der Waals surface area (Å²) in [4.78, 5) is 17.7. The summed E-state index contributed by atoms with van der Waals surface area (Å²) < 4.78 is 57.8. The average molecular weight is 551 g/mol. The summed E-state index contributed by atoms with van der Waals surface area (Å²) in [5, 5.41) is 3.40. The fraction of sp³-hybridized carbons (Fsp3) is 0.214. The second-order valence-electron chi connectivity index (χ2n) is 9.77. The first kappa shape index (κ1) is 24.0. The Hall–Kier alpha value is -4.12. The SMILES string of the molecule is CNC(=O)c1c(C2CC2(F)F)oc2cc(N(C)S)c(-c3ccc4c(n3)-c3cc5c(F)cccc5n3CO4)cc12. The van der Waals surface area contributed by atoms with Gasteiger partial charge in [-0.05, 0) is 36.4 Å². The molecule has 4 heterocycles. The lowest BCUT2D eigenvalue weighted by atomic mass is 10.0. The molecule has 0 saturated heterocycles. The molecule has 0 radical (unpaired) electrons. The van der Waals surface area contributed by atoms with Crippen LogP contribution < -0.4 is 14.4 Å². The van der Waals surface area contributed by atoms with Crippen LogP contribution in [0.1, 0.15) is 28.5 Å². The van der Waals surface area contributed by atoms with Crippen LogP contribution in [0.4, 0.5) is 18.9 Å². The number of halogens is 3. The Balaban J connectivity index is 1.44. The number of aromatic nitrogens is 2. The van der Waals surface area contributed by atoms with Crippen LogP contribution in [-0.4, -0.2) is 35.5 Å². The fourth-order valence-corrected chi connectivity index (χ4v) is 5.51. The minimum Gasteiger partial charge on any atom is -0.470 e. The third-order valence-electron chi connectivity index (χ3n) is 7.40. The zero-order chi connectivity index (χ0) is 27.2. The Morgan fingerprint density at radius 2 is 2.00 bits per heavy atom. The Kier molecular flexibility index (Phi) is 5.03. The molecule has 198 valence electrons. The largest absolute Gasteiger partial charge is 0.470 e. The number of fused-ring (bicyclic) bond motifs is 6. The standard InChI is InChI=1S/C28H21F3N4O3S/c1-32-27(36)24-15-8-14(20(34(2)39)10-23(15)38-26(24)16-11-28(16,30)31)18-6-7-22-25(33-18)21-9-13-17(29)4-3-5-19(13)35(21)12-37-22/h3-10,16,39H,11-12H2,1-2H3,(H,32,36). The first-order chi connectivity index (χ1) is 18.7.